The number of amides is 3. The van der Waals surface area contributed by atoms with Crippen LogP contribution in [0.1, 0.15) is 21.5 Å². The van der Waals surface area contributed by atoms with Crippen molar-refractivity contribution in [2.45, 2.75) is 19.0 Å². The monoisotopic (exact) mass is 613 g/mol. The van der Waals surface area contributed by atoms with Crippen molar-refractivity contribution >= 4 is 29.1 Å². The Balaban J connectivity index is 1.26. The molecule has 0 aliphatic carbocycles. The predicted molar refractivity (Wildman–Crippen MR) is 173 cm³/mol. The van der Waals surface area contributed by atoms with E-state index in [9.17, 15) is 14.4 Å². The summed E-state index contributed by atoms with van der Waals surface area (Å²) in [6.45, 7) is -0.160. The van der Waals surface area contributed by atoms with Crippen LogP contribution in [0.5, 0.6) is 5.75 Å². The molecular weight excluding hydrogens is 582 g/mol. The van der Waals surface area contributed by atoms with Gasteiger partial charge in [-0.2, -0.15) is 5.26 Å². The maximum absolute atomic E-state index is 13.6. The average Bonchev–Trinajstić information content (AvgIpc) is 3.56. The molecule has 0 bridgehead atoms. The van der Waals surface area contributed by atoms with Crippen molar-refractivity contribution in [1.82, 2.24) is 20.3 Å². The number of aromatic nitrogens is 3. The van der Waals surface area contributed by atoms with Gasteiger partial charge in [-0.1, -0.05) is 47.7 Å². The number of nitrogens with one attached hydrogen (secondary N) is 2. The molecule has 1 aromatic heterocycles. The SMILES string of the molecule is COc1ccc(N(C)C(=O)[C@H](Cc2ccccc2)NC(=O)Cn2cc(-c3cccc(NC(=O)c4ccc(C#N)cc4)c3)nn2)cc1. The number of ether oxygens (including phenoxy) is 1. The van der Waals surface area contributed by atoms with Gasteiger partial charge in [0.2, 0.25) is 11.8 Å². The highest BCUT2D eigenvalue weighted by Crippen LogP contribution is 2.22. The van der Waals surface area contributed by atoms with Gasteiger partial charge in [0.1, 0.15) is 24.0 Å². The van der Waals surface area contributed by atoms with Gasteiger partial charge in [0.15, 0.2) is 0 Å². The third kappa shape index (κ3) is 7.81. The zero-order valence-electron chi connectivity index (χ0n) is 25.3. The van der Waals surface area contributed by atoms with E-state index in [0.717, 1.165) is 5.56 Å². The largest absolute Gasteiger partial charge is 0.497 e. The number of hydrogen-bond donors (Lipinski definition) is 2. The summed E-state index contributed by atoms with van der Waals surface area (Å²) in [6, 6.07) is 31.2. The minimum atomic E-state index is -0.832. The molecule has 2 N–H and O–H groups in total. The fraction of sp³-hybridized carbons (Fsp3) is 0.143. The molecule has 0 unspecified atom stereocenters. The van der Waals surface area contributed by atoms with Gasteiger partial charge in [-0.3, -0.25) is 14.4 Å². The van der Waals surface area contributed by atoms with Crippen LogP contribution in [0.4, 0.5) is 11.4 Å². The number of carbonyl (C=O) groups is 3. The smallest absolute Gasteiger partial charge is 0.255 e. The second kappa shape index (κ2) is 14.5. The van der Waals surface area contributed by atoms with Crippen molar-refractivity contribution in [2.75, 3.05) is 24.4 Å². The summed E-state index contributed by atoms with van der Waals surface area (Å²) in [5.74, 6) is -0.330. The number of anilines is 2. The van der Waals surface area contributed by atoms with Crippen molar-refractivity contribution < 1.29 is 19.1 Å². The third-order valence-corrected chi connectivity index (χ3v) is 7.24. The summed E-state index contributed by atoms with van der Waals surface area (Å²) >= 11 is 0. The Labute approximate surface area is 266 Å². The quantitative estimate of drug-likeness (QED) is 0.224. The molecule has 230 valence electrons. The maximum Gasteiger partial charge on any atom is 0.255 e. The van der Waals surface area contributed by atoms with E-state index >= 15 is 0 Å². The first-order chi connectivity index (χ1) is 22.3. The summed E-state index contributed by atoms with van der Waals surface area (Å²) in [5.41, 5.74) is 4.17. The van der Waals surface area contributed by atoms with E-state index < -0.39 is 11.9 Å². The van der Waals surface area contributed by atoms with Crippen LogP contribution >= 0.6 is 0 Å². The second-order valence-electron chi connectivity index (χ2n) is 10.4. The van der Waals surface area contributed by atoms with Crippen LogP contribution in [0, 0.1) is 11.3 Å². The molecule has 1 heterocycles. The molecule has 0 saturated carbocycles. The first kappa shape index (κ1) is 31.2. The van der Waals surface area contributed by atoms with E-state index in [-0.39, 0.29) is 18.4 Å². The molecule has 0 aliphatic heterocycles. The minimum Gasteiger partial charge on any atom is -0.497 e. The number of carbonyl (C=O) groups excluding carboxylic acids is 3. The number of benzene rings is 4. The standard InChI is InChI=1S/C35H31N7O4/c1-41(29-15-17-30(46-2)18-16-29)35(45)31(19-24-7-4-3-5-8-24)38-33(43)23-42-22-32(39-40-42)27-9-6-10-28(20-27)37-34(44)26-13-11-25(21-36)12-14-26/h3-18,20,22,31H,19,23H2,1-2H3,(H,37,44)(H,38,43)/t31-/m0/s1. The Hall–Kier alpha value is -6.28. The highest BCUT2D eigenvalue weighted by atomic mass is 16.5. The molecule has 46 heavy (non-hydrogen) atoms. The Morgan fingerprint density at radius 3 is 2.39 bits per heavy atom. The molecule has 1 atom stereocenters. The molecule has 4 aromatic carbocycles. The average molecular weight is 614 g/mol. The van der Waals surface area contributed by atoms with Gasteiger partial charge in [0.25, 0.3) is 5.91 Å². The van der Waals surface area contributed by atoms with E-state index in [0.29, 0.717) is 45.9 Å². The van der Waals surface area contributed by atoms with E-state index in [1.54, 1.807) is 87.1 Å². The van der Waals surface area contributed by atoms with Crippen molar-refractivity contribution in [3.05, 3.63) is 126 Å². The lowest BCUT2D eigenvalue weighted by Gasteiger charge is -2.25. The normalized spacial score (nSPS) is 11.2. The summed E-state index contributed by atoms with van der Waals surface area (Å²) in [4.78, 5) is 41.0. The molecule has 3 amide bonds. The van der Waals surface area contributed by atoms with Gasteiger partial charge in [-0.05, 0) is 66.2 Å². The third-order valence-electron chi connectivity index (χ3n) is 7.24. The van der Waals surface area contributed by atoms with Crippen LogP contribution in [-0.4, -0.2) is 52.9 Å². The Bertz CT molecular complexity index is 1860. The molecule has 0 aliphatic rings. The lowest BCUT2D eigenvalue weighted by atomic mass is 10.0. The van der Waals surface area contributed by atoms with E-state index in [1.165, 1.54) is 9.58 Å². The van der Waals surface area contributed by atoms with Crippen LogP contribution in [0.25, 0.3) is 11.3 Å². The Morgan fingerprint density at radius 1 is 0.957 bits per heavy atom. The highest BCUT2D eigenvalue weighted by molar-refractivity contribution is 6.04. The summed E-state index contributed by atoms with van der Waals surface area (Å²) < 4.78 is 6.61. The second-order valence-corrected chi connectivity index (χ2v) is 10.4. The number of nitriles is 1. The molecule has 0 fully saturated rings. The predicted octanol–water partition coefficient (Wildman–Crippen LogP) is 4.47. The topological polar surface area (TPSA) is 142 Å². The van der Waals surface area contributed by atoms with Crippen molar-refractivity contribution in [2.24, 2.45) is 0 Å². The molecule has 0 spiro atoms. The molecule has 5 aromatic rings. The van der Waals surface area contributed by atoms with Crippen LogP contribution in [0.2, 0.25) is 0 Å². The van der Waals surface area contributed by atoms with Crippen LogP contribution in [-0.2, 0) is 22.6 Å². The molecule has 11 heteroatoms. The zero-order valence-corrected chi connectivity index (χ0v) is 25.3. The molecular formula is C35H31N7O4. The van der Waals surface area contributed by atoms with Crippen molar-refractivity contribution in [1.29, 1.82) is 5.26 Å². The fourth-order valence-electron chi connectivity index (χ4n) is 4.77. The van der Waals surface area contributed by atoms with E-state index in [2.05, 4.69) is 20.9 Å². The maximum atomic E-state index is 13.6. The zero-order chi connectivity index (χ0) is 32.5. The van der Waals surface area contributed by atoms with Gasteiger partial charge in [0, 0.05) is 36.0 Å². The lowest BCUT2D eigenvalue weighted by Crippen LogP contribution is -2.49. The Kier molecular flexibility index (Phi) is 9.79. The van der Waals surface area contributed by atoms with Gasteiger partial charge in [0.05, 0.1) is 24.9 Å². The minimum absolute atomic E-state index is 0.160. The highest BCUT2D eigenvalue weighted by Gasteiger charge is 2.26. The molecule has 0 radical (unpaired) electrons. The first-order valence-electron chi connectivity index (χ1n) is 14.4. The number of methoxy groups -OCH3 is 1. The van der Waals surface area contributed by atoms with E-state index in [1.807, 2.05) is 42.5 Å². The molecule has 11 nitrogen and oxygen atoms in total. The lowest BCUT2D eigenvalue weighted by molar-refractivity contribution is -0.127. The number of nitrogens with zero attached hydrogens (tertiary/aromatic N) is 5. The molecule has 5 rings (SSSR count). The van der Waals surface area contributed by atoms with Gasteiger partial charge < -0.3 is 20.3 Å². The van der Waals surface area contributed by atoms with E-state index in [4.69, 9.17) is 10.00 Å². The van der Waals surface area contributed by atoms with Gasteiger partial charge in [-0.15, -0.1) is 5.10 Å². The molecule has 0 saturated heterocycles. The number of rotatable bonds is 11. The van der Waals surface area contributed by atoms with Crippen molar-refractivity contribution in [3.63, 3.8) is 0 Å². The summed E-state index contributed by atoms with van der Waals surface area (Å²) in [5, 5.41) is 23.0. The van der Waals surface area contributed by atoms with Gasteiger partial charge in [-0.25, -0.2) is 4.68 Å². The summed E-state index contributed by atoms with van der Waals surface area (Å²) in [7, 11) is 3.24. The van der Waals surface area contributed by atoms with Gasteiger partial charge >= 0.3 is 0 Å². The van der Waals surface area contributed by atoms with Crippen LogP contribution in [0.15, 0.2) is 109 Å². The summed E-state index contributed by atoms with van der Waals surface area (Å²) in [6.07, 6.45) is 1.92. The fourth-order valence-corrected chi connectivity index (χ4v) is 4.77. The van der Waals surface area contributed by atoms with Crippen LogP contribution < -0.4 is 20.3 Å². The van der Waals surface area contributed by atoms with Crippen LogP contribution in [0.3, 0.4) is 0 Å². The number of likely N-dealkylation sites (N-methyl/N-ethyl adjacent to an activating group) is 1. The first-order valence-corrected chi connectivity index (χ1v) is 14.4. The Morgan fingerprint density at radius 2 is 1.70 bits per heavy atom. The van der Waals surface area contributed by atoms with Crippen molar-refractivity contribution in [3.8, 4) is 23.1 Å². The number of hydrogen-bond acceptors (Lipinski definition) is 7.